The van der Waals surface area contributed by atoms with Crippen LogP contribution in [0.1, 0.15) is 17.8 Å². The van der Waals surface area contributed by atoms with Crippen molar-refractivity contribution in [1.82, 2.24) is 9.97 Å². The van der Waals surface area contributed by atoms with Gasteiger partial charge in [-0.15, -0.1) is 0 Å². The SMILES string of the molecule is c1nc2c([nH]1)CCC2. The van der Waals surface area contributed by atoms with Crippen molar-refractivity contribution in [2.75, 3.05) is 0 Å². The van der Waals surface area contributed by atoms with Crippen molar-refractivity contribution in [3.05, 3.63) is 17.7 Å². The molecule has 1 aliphatic carbocycles. The molecule has 0 saturated carbocycles. The number of hydrogen-bond acceptors (Lipinski definition) is 1. The van der Waals surface area contributed by atoms with Crippen LogP contribution in [0.4, 0.5) is 0 Å². The number of imidazole rings is 1. The fraction of sp³-hybridized carbons (Fsp3) is 0.500. The van der Waals surface area contributed by atoms with E-state index in [0.29, 0.717) is 0 Å². The molecule has 1 aromatic rings. The van der Waals surface area contributed by atoms with Crippen molar-refractivity contribution in [3.63, 3.8) is 0 Å². The Morgan fingerprint density at radius 3 is 3.38 bits per heavy atom. The molecule has 1 heterocycles. The molecular formula is C6H8N2. The second-order valence-corrected chi connectivity index (χ2v) is 2.18. The highest BCUT2D eigenvalue weighted by atomic mass is 14.9. The zero-order chi connectivity index (χ0) is 5.40. The predicted octanol–water partition coefficient (Wildman–Crippen LogP) is 0.898. The topological polar surface area (TPSA) is 28.7 Å². The van der Waals surface area contributed by atoms with Gasteiger partial charge in [0.1, 0.15) is 0 Å². The molecule has 0 unspecified atom stereocenters. The molecule has 2 rings (SSSR count). The largest absolute Gasteiger partial charge is 0.348 e. The molecule has 0 fully saturated rings. The lowest BCUT2D eigenvalue weighted by molar-refractivity contribution is 0.876. The van der Waals surface area contributed by atoms with E-state index < -0.39 is 0 Å². The zero-order valence-electron chi connectivity index (χ0n) is 4.65. The minimum absolute atomic E-state index is 1.18. The first-order valence-corrected chi connectivity index (χ1v) is 2.98. The smallest absolute Gasteiger partial charge is 0.0925 e. The molecule has 0 bridgehead atoms. The molecule has 0 aromatic carbocycles. The maximum atomic E-state index is 4.14. The molecule has 1 aromatic heterocycles. The van der Waals surface area contributed by atoms with Gasteiger partial charge >= 0.3 is 0 Å². The standard InChI is InChI=1S/C6H8N2/c1-2-5-6(3-1)8-4-7-5/h4H,1-3H2,(H,7,8). The van der Waals surface area contributed by atoms with Gasteiger partial charge in [0.2, 0.25) is 0 Å². The molecule has 0 radical (unpaired) electrons. The Balaban J connectivity index is 2.54. The third-order valence-corrected chi connectivity index (χ3v) is 1.65. The fourth-order valence-corrected chi connectivity index (χ4v) is 1.21. The second kappa shape index (κ2) is 1.34. The summed E-state index contributed by atoms with van der Waals surface area (Å²) in [6, 6.07) is 0. The first-order chi connectivity index (χ1) is 3.97. The third-order valence-electron chi connectivity index (χ3n) is 1.65. The van der Waals surface area contributed by atoms with E-state index in [4.69, 9.17) is 0 Å². The fourth-order valence-electron chi connectivity index (χ4n) is 1.21. The zero-order valence-corrected chi connectivity index (χ0v) is 4.65. The van der Waals surface area contributed by atoms with E-state index in [1.807, 2.05) is 0 Å². The number of nitrogens with zero attached hydrogens (tertiary/aromatic N) is 1. The molecule has 0 saturated heterocycles. The normalized spacial score (nSPS) is 16.5. The molecule has 0 spiro atoms. The Bertz CT molecular complexity index is 172. The summed E-state index contributed by atoms with van der Waals surface area (Å²) < 4.78 is 0. The van der Waals surface area contributed by atoms with Crippen molar-refractivity contribution in [2.45, 2.75) is 19.3 Å². The highest BCUT2D eigenvalue weighted by molar-refractivity contribution is 5.15. The van der Waals surface area contributed by atoms with Crippen LogP contribution < -0.4 is 0 Å². The summed E-state index contributed by atoms with van der Waals surface area (Å²) in [6.07, 6.45) is 5.45. The number of aromatic nitrogens is 2. The molecule has 2 heteroatoms. The van der Waals surface area contributed by atoms with Crippen LogP contribution in [-0.4, -0.2) is 9.97 Å². The van der Waals surface area contributed by atoms with Gasteiger partial charge in [0.25, 0.3) is 0 Å². The summed E-state index contributed by atoms with van der Waals surface area (Å²) in [5.74, 6) is 0. The monoisotopic (exact) mass is 108 g/mol. The molecule has 2 nitrogen and oxygen atoms in total. The van der Waals surface area contributed by atoms with Gasteiger partial charge in [0.15, 0.2) is 0 Å². The van der Waals surface area contributed by atoms with Gasteiger partial charge in [0.05, 0.1) is 12.0 Å². The van der Waals surface area contributed by atoms with Crippen LogP contribution in [0.2, 0.25) is 0 Å². The van der Waals surface area contributed by atoms with Gasteiger partial charge in [-0.2, -0.15) is 0 Å². The Morgan fingerprint density at radius 2 is 2.50 bits per heavy atom. The van der Waals surface area contributed by atoms with Gasteiger partial charge < -0.3 is 4.98 Å². The highest BCUT2D eigenvalue weighted by Crippen LogP contribution is 2.15. The third kappa shape index (κ3) is 0.399. The lowest BCUT2D eigenvalue weighted by atomic mass is 10.4. The summed E-state index contributed by atoms with van der Waals surface area (Å²) in [7, 11) is 0. The molecule has 0 aliphatic heterocycles. The van der Waals surface area contributed by atoms with Gasteiger partial charge in [-0.05, 0) is 19.3 Å². The Labute approximate surface area is 47.9 Å². The Morgan fingerprint density at radius 1 is 1.50 bits per heavy atom. The van der Waals surface area contributed by atoms with E-state index in [0.717, 1.165) is 0 Å². The summed E-state index contributed by atoms with van der Waals surface area (Å²) in [4.78, 5) is 7.25. The minimum Gasteiger partial charge on any atom is -0.348 e. The van der Waals surface area contributed by atoms with Gasteiger partial charge in [-0.25, -0.2) is 4.98 Å². The molecule has 0 atom stereocenters. The summed E-state index contributed by atoms with van der Waals surface area (Å²) in [5, 5.41) is 0. The maximum Gasteiger partial charge on any atom is 0.0925 e. The molecule has 0 amide bonds. The number of fused-ring (bicyclic) bond motifs is 1. The van der Waals surface area contributed by atoms with E-state index >= 15 is 0 Å². The summed E-state index contributed by atoms with van der Waals surface area (Å²) in [6.45, 7) is 0. The van der Waals surface area contributed by atoms with E-state index in [9.17, 15) is 0 Å². The maximum absolute atomic E-state index is 4.14. The van der Waals surface area contributed by atoms with Crippen LogP contribution in [0.5, 0.6) is 0 Å². The average molecular weight is 108 g/mol. The number of H-pyrrole nitrogens is 1. The molecular weight excluding hydrogens is 100 g/mol. The van der Waals surface area contributed by atoms with Crippen molar-refractivity contribution in [2.24, 2.45) is 0 Å². The molecule has 1 N–H and O–H groups in total. The van der Waals surface area contributed by atoms with Gasteiger partial charge in [-0.3, -0.25) is 0 Å². The van der Waals surface area contributed by atoms with Crippen LogP contribution in [0, 0.1) is 0 Å². The summed E-state index contributed by atoms with van der Waals surface area (Å²) >= 11 is 0. The van der Waals surface area contributed by atoms with Crippen molar-refractivity contribution in [1.29, 1.82) is 0 Å². The van der Waals surface area contributed by atoms with Crippen LogP contribution in [0.3, 0.4) is 0 Å². The quantitative estimate of drug-likeness (QED) is 0.525. The lowest BCUT2D eigenvalue weighted by Crippen LogP contribution is -1.74. The van der Waals surface area contributed by atoms with Gasteiger partial charge in [-0.1, -0.05) is 0 Å². The van der Waals surface area contributed by atoms with Crippen LogP contribution in [0.25, 0.3) is 0 Å². The van der Waals surface area contributed by atoms with Crippen molar-refractivity contribution < 1.29 is 0 Å². The van der Waals surface area contributed by atoms with Crippen LogP contribution in [0.15, 0.2) is 6.33 Å². The van der Waals surface area contributed by atoms with Crippen LogP contribution >= 0.6 is 0 Å². The van der Waals surface area contributed by atoms with Crippen molar-refractivity contribution in [3.8, 4) is 0 Å². The number of rotatable bonds is 0. The highest BCUT2D eigenvalue weighted by Gasteiger charge is 2.10. The summed E-state index contributed by atoms with van der Waals surface area (Å²) in [5.41, 5.74) is 2.63. The van der Waals surface area contributed by atoms with Crippen molar-refractivity contribution >= 4 is 0 Å². The first-order valence-electron chi connectivity index (χ1n) is 2.98. The Kier molecular flexibility index (Phi) is 0.692. The van der Waals surface area contributed by atoms with Gasteiger partial charge in [0, 0.05) is 5.69 Å². The number of aryl methyl sites for hydroxylation is 2. The van der Waals surface area contributed by atoms with Crippen LogP contribution in [-0.2, 0) is 12.8 Å². The van der Waals surface area contributed by atoms with E-state index in [-0.39, 0.29) is 0 Å². The molecule has 1 aliphatic rings. The number of hydrogen-bond donors (Lipinski definition) is 1. The predicted molar refractivity (Wildman–Crippen MR) is 30.6 cm³/mol. The molecule has 42 valence electrons. The van der Waals surface area contributed by atoms with E-state index in [1.54, 1.807) is 6.33 Å². The van der Waals surface area contributed by atoms with E-state index in [1.165, 1.54) is 30.7 Å². The lowest BCUT2D eigenvalue weighted by Gasteiger charge is -1.79. The van der Waals surface area contributed by atoms with E-state index in [2.05, 4.69) is 9.97 Å². The minimum atomic E-state index is 1.18. The number of aromatic amines is 1. The molecule has 8 heavy (non-hydrogen) atoms. The Hall–Kier alpha value is -0.790. The first kappa shape index (κ1) is 4.13. The average Bonchev–Trinajstić information content (AvgIpc) is 2.15. The number of nitrogens with one attached hydrogen (secondary N) is 1. The second-order valence-electron chi connectivity index (χ2n) is 2.18.